The predicted molar refractivity (Wildman–Crippen MR) is 70.7 cm³/mol. The van der Waals surface area contributed by atoms with E-state index in [4.69, 9.17) is 4.55 Å². The molecule has 112 valence electrons. The number of phenolic OH excluding ortho intramolecular Hbond substituents is 1. The molecule has 2 aromatic carbocycles. The van der Waals surface area contributed by atoms with Crippen LogP contribution in [0.5, 0.6) is 11.5 Å². The maximum atomic E-state index is 12.4. The Bertz CT molecular complexity index is 963. The van der Waals surface area contributed by atoms with Gasteiger partial charge in [-0.2, -0.15) is 8.42 Å². The largest absolute Gasteiger partial charge is 1.00 e. The van der Waals surface area contributed by atoms with Gasteiger partial charge in [0.15, 0.2) is 11.6 Å². The summed E-state index contributed by atoms with van der Waals surface area (Å²) in [6.45, 7) is 0. The standard InChI is InChI=1S/C14H8O7S.Na/c15-9-3-4-10(16)12-11(9)13(17)7-2-1-6(22(19,20)21)5-8(7)14(12)18;/h1-5,15-16H,(H,19,20,21);/q;+1/p-1. The second-order valence-electron chi connectivity index (χ2n) is 4.67. The van der Waals surface area contributed by atoms with Crippen LogP contribution in [0.2, 0.25) is 0 Å². The number of hydrogen-bond donors (Lipinski definition) is 2. The maximum absolute atomic E-state index is 12.4. The van der Waals surface area contributed by atoms with Gasteiger partial charge in [-0.05, 0) is 24.3 Å². The van der Waals surface area contributed by atoms with Crippen LogP contribution in [0.15, 0.2) is 35.2 Å². The van der Waals surface area contributed by atoms with Gasteiger partial charge in [0.25, 0.3) is 10.1 Å². The number of ketones is 2. The number of benzene rings is 2. The molecule has 1 aliphatic rings. The van der Waals surface area contributed by atoms with Crippen molar-refractivity contribution in [2.24, 2.45) is 0 Å². The number of hydrogen-bond acceptors (Lipinski definition) is 6. The second-order valence-corrected chi connectivity index (χ2v) is 6.10. The van der Waals surface area contributed by atoms with Gasteiger partial charge in [0.05, 0.1) is 10.5 Å². The number of fused-ring (bicyclic) bond motifs is 2. The SMILES string of the molecule is O=C1c2ccc(S(=O)(=O)O)cc2C(=O)c2c(O)ccc([O-])c21.[Na+]. The fraction of sp³-hybridized carbons (Fsp3) is 0. The summed E-state index contributed by atoms with van der Waals surface area (Å²) in [5, 5.41) is 21.5. The van der Waals surface area contributed by atoms with E-state index in [-0.39, 0.29) is 40.7 Å². The summed E-state index contributed by atoms with van der Waals surface area (Å²) in [7, 11) is -4.56. The molecule has 0 unspecified atom stereocenters. The van der Waals surface area contributed by atoms with Gasteiger partial charge in [0.1, 0.15) is 5.75 Å². The van der Waals surface area contributed by atoms with E-state index in [1.54, 1.807) is 0 Å². The number of aromatic hydroxyl groups is 1. The van der Waals surface area contributed by atoms with Crippen LogP contribution in [-0.2, 0) is 10.1 Å². The van der Waals surface area contributed by atoms with E-state index in [0.717, 1.165) is 30.3 Å². The molecule has 23 heavy (non-hydrogen) atoms. The number of carbonyl (C=O) groups excluding carboxylic acids is 2. The third-order valence-electron chi connectivity index (χ3n) is 3.38. The minimum absolute atomic E-state index is 0. The van der Waals surface area contributed by atoms with Crippen LogP contribution in [0.25, 0.3) is 0 Å². The average Bonchev–Trinajstić information content (AvgIpc) is 2.45. The zero-order valence-corrected chi connectivity index (χ0v) is 14.5. The first kappa shape index (κ1) is 17.6. The molecule has 0 aromatic heterocycles. The van der Waals surface area contributed by atoms with Gasteiger partial charge in [-0.15, -0.1) is 0 Å². The zero-order valence-electron chi connectivity index (χ0n) is 11.7. The Morgan fingerprint density at radius 1 is 0.913 bits per heavy atom. The van der Waals surface area contributed by atoms with Crippen molar-refractivity contribution in [3.63, 3.8) is 0 Å². The van der Waals surface area contributed by atoms with Crippen LogP contribution < -0.4 is 34.7 Å². The van der Waals surface area contributed by atoms with Crippen molar-refractivity contribution in [3.8, 4) is 11.5 Å². The first-order chi connectivity index (χ1) is 10.2. The minimum atomic E-state index is -4.56. The van der Waals surface area contributed by atoms with Gasteiger partial charge >= 0.3 is 29.6 Å². The molecule has 0 atom stereocenters. The van der Waals surface area contributed by atoms with Crippen molar-refractivity contribution >= 4 is 21.7 Å². The van der Waals surface area contributed by atoms with Crippen molar-refractivity contribution in [1.29, 1.82) is 0 Å². The van der Waals surface area contributed by atoms with Crippen LogP contribution in [-0.4, -0.2) is 29.6 Å². The molecule has 9 heteroatoms. The maximum Gasteiger partial charge on any atom is 1.00 e. The molecule has 0 saturated heterocycles. The molecule has 0 radical (unpaired) electrons. The molecule has 2 aromatic rings. The third-order valence-corrected chi connectivity index (χ3v) is 4.23. The van der Waals surface area contributed by atoms with E-state index in [1.165, 1.54) is 0 Å². The zero-order chi connectivity index (χ0) is 16.2. The van der Waals surface area contributed by atoms with Gasteiger partial charge in [0, 0.05) is 16.7 Å². The topological polar surface area (TPSA) is 132 Å². The van der Waals surface area contributed by atoms with E-state index in [9.17, 15) is 28.2 Å². The first-order valence-electron chi connectivity index (χ1n) is 5.95. The van der Waals surface area contributed by atoms with Crippen LogP contribution >= 0.6 is 0 Å². The number of phenols is 1. The molecule has 0 fully saturated rings. The molecule has 0 saturated carbocycles. The Hall–Kier alpha value is -1.71. The molecule has 0 spiro atoms. The van der Waals surface area contributed by atoms with Gasteiger partial charge in [-0.1, -0.05) is 11.8 Å². The summed E-state index contributed by atoms with van der Waals surface area (Å²) in [5.74, 6) is -2.90. The molecule has 0 aliphatic heterocycles. The monoisotopic (exact) mass is 342 g/mol. The van der Waals surface area contributed by atoms with E-state index in [0.29, 0.717) is 0 Å². The Labute approximate surface area is 152 Å². The fourth-order valence-electron chi connectivity index (χ4n) is 2.37. The van der Waals surface area contributed by atoms with Crippen molar-refractivity contribution in [1.82, 2.24) is 0 Å². The van der Waals surface area contributed by atoms with E-state index in [1.807, 2.05) is 0 Å². The summed E-state index contributed by atoms with van der Waals surface area (Å²) >= 11 is 0. The normalized spacial score (nSPS) is 13.1. The number of carbonyl (C=O) groups is 2. The Morgan fingerprint density at radius 2 is 1.52 bits per heavy atom. The molecule has 2 N–H and O–H groups in total. The van der Waals surface area contributed by atoms with Crippen LogP contribution in [0, 0.1) is 0 Å². The molecule has 0 bridgehead atoms. The van der Waals surface area contributed by atoms with Crippen LogP contribution in [0.4, 0.5) is 0 Å². The molecule has 0 amide bonds. The van der Waals surface area contributed by atoms with Crippen LogP contribution in [0.3, 0.4) is 0 Å². The van der Waals surface area contributed by atoms with E-state index in [2.05, 4.69) is 0 Å². The van der Waals surface area contributed by atoms with Gasteiger partial charge in [0.2, 0.25) is 0 Å². The smallest absolute Gasteiger partial charge is 0.872 e. The quantitative estimate of drug-likeness (QED) is 0.369. The molecule has 0 heterocycles. The van der Waals surface area contributed by atoms with E-state index >= 15 is 0 Å². The van der Waals surface area contributed by atoms with Crippen molar-refractivity contribution in [2.75, 3.05) is 0 Å². The Balaban J connectivity index is 0.00000192. The van der Waals surface area contributed by atoms with Gasteiger partial charge in [-0.25, -0.2) is 0 Å². The predicted octanol–water partition coefficient (Wildman–Crippen LogP) is -2.51. The molecular formula is C14H7NaO7S. The summed E-state index contributed by atoms with van der Waals surface area (Å²) in [4.78, 5) is 24.1. The minimum Gasteiger partial charge on any atom is -0.872 e. The van der Waals surface area contributed by atoms with Crippen LogP contribution in [0.1, 0.15) is 31.8 Å². The third kappa shape index (κ3) is 2.68. The fourth-order valence-corrected chi connectivity index (χ4v) is 2.87. The van der Waals surface area contributed by atoms with Gasteiger partial charge in [-0.3, -0.25) is 14.1 Å². The summed E-state index contributed by atoms with van der Waals surface area (Å²) in [6, 6.07) is 4.80. The second kappa shape index (κ2) is 5.73. The van der Waals surface area contributed by atoms with Crippen molar-refractivity contribution in [3.05, 3.63) is 52.6 Å². The summed E-state index contributed by atoms with van der Waals surface area (Å²) in [5.41, 5.74) is -1.37. The molecule has 7 nitrogen and oxygen atoms in total. The summed E-state index contributed by atoms with van der Waals surface area (Å²) < 4.78 is 31.3. The first-order valence-corrected chi connectivity index (χ1v) is 7.39. The number of rotatable bonds is 1. The van der Waals surface area contributed by atoms with Gasteiger partial charge < -0.3 is 10.2 Å². The Kier molecular flexibility index (Phi) is 4.40. The summed E-state index contributed by atoms with van der Waals surface area (Å²) in [6.07, 6.45) is 0. The van der Waals surface area contributed by atoms with E-state index < -0.39 is 49.2 Å². The Morgan fingerprint density at radius 3 is 2.13 bits per heavy atom. The molecular weight excluding hydrogens is 335 g/mol. The van der Waals surface area contributed by atoms with Crippen molar-refractivity contribution in [2.45, 2.75) is 4.90 Å². The van der Waals surface area contributed by atoms with Crippen molar-refractivity contribution < 1.29 is 62.3 Å². The molecule has 3 rings (SSSR count). The molecule has 1 aliphatic carbocycles. The average molecular weight is 342 g/mol.